The average molecular weight is 208 g/mol. The van der Waals surface area contributed by atoms with Gasteiger partial charge in [-0.05, 0) is 5.41 Å². The fraction of sp³-hybridized carbons (Fsp3) is 0.889. The van der Waals surface area contributed by atoms with Crippen LogP contribution in [-0.2, 0) is 4.79 Å². The van der Waals surface area contributed by atoms with E-state index in [0.717, 1.165) is 0 Å². The lowest BCUT2D eigenvalue weighted by Crippen LogP contribution is -2.42. The Labute approximate surface area is 83.0 Å². The smallest absolute Gasteiger partial charge is 0.277 e. The van der Waals surface area contributed by atoms with Gasteiger partial charge in [0.2, 0.25) is 5.91 Å². The van der Waals surface area contributed by atoms with Gasteiger partial charge in [0.1, 0.15) is 0 Å². The molecule has 0 spiro atoms. The number of rotatable bonds is 4. The molecule has 0 heterocycles. The molecule has 0 bridgehead atoms. The minimum atomic E-state index is -3.01. The summed E-state index contributed by atoms with van der Waals surface area (Å²) in [5, 5.41) is 2.16. The van der Waals surface area contributed by atoms with Gasteiger partial charge in [0.25, 0.3) is 5.92 Å². The highest BCUT2D eigenvalue weighted by atomic mass is 19.3. The molecule has 0 aromatic heterocycles. The number of alkyl halides is 2. The Hall–Kier alpha value is -0.710. The lowest BCUT2D eigenvalue weighted by molar-refractivity contribution is -0.124. The van der Waals surface area contributed by atoms with E-state index in [9.17, 15) is 13.6 Å². The van der Waals surface area contributed by atoms with Gasteiger partial charge in [-0.15, -0.1) is 0 Å². The summed E-state index contributed by atoms with van der Waals surface area (Å²) >= 11 is 0. The quantitative estimate of drug-likeness (QED) is 0.727. The molecule has 0 unspecified atom stereocenters. The highest BCUT2D eigenvalue weighted by Gasteiger charge is 2.27. The summed E-state index contributed by atoms with van der Waals surface area (Å²) in [5.74, 6) is -3.38. The number of amides is 1. The van der Waals surface area contributed by atoms with E-state index in [1.165, 1.54) is 0 Å². The van der Waals surface area contributed by atoms with E-state index in [1.807, 2.05) is 20.8 Å². The zero-order chi connectivity index (χ0) is 11.4. The second-order valence-electron chi connectivity index (χ2n) is 4.57. The summed E-state index contributed by atoms with van der Waals surface area (Å²) in [6.45, 7) is 4.18. The average Bonchev–Trinajstić information content (AvgIpc) is 1.98. The molecule has 0 saturated heterocycles. The highest BCUT2D eigenvalue weighted by molar-refractivity contribution is 5.76. The Morgan fingerprint density at radius 2 is 1.86 bits per heavy atom. The number of halogens is 2. The van der Waals surface area contributed by atoms with Crippen LogP contribution in [0.15, 0.2) is 0 Å². The monoisotopic (exact) mass is 208 g/mol. The summed E-state index contributed by atoms with van der Waals surface area (Å²) in [6, 6.07) is 0. The molecule has 0 aliphatic rings. The van der Waals surface area contributed by atoms with Crippen LogP contribution in [0.1, 0.15) is 27.2 Å². The van der Waals surface area contributed by atoms with Crippen molar-refractivity contribution in [2.24, 2.45) is 11.1 Å². The van der Waals surface area contributed by atoms with E-state index in [1.54, 1.807) is 0 Å². The SMILES string of the molecule is CC(C)(C)CC(=O)NCC(F)(F)CN. The van der Waals surface area contributed by atoms with Crippen LogP contribution in [0.3, 0.4) is 0 Å². The highest BCUT2D eigenvalue weighted by Crippen LogP contribution is 2.18. The number of carbonyl (C=O) groups excluding carboxylic acids is 1. The lowest BCUT2D eigenvalue weighted by Gasteiger charge is -2.19. The normalized spacial score (nSPS) is 12.7. The van der Waals surface area contributed by atoms with E-state index in [4.69, 9.17) is 5.73 Å². The summed E-state index contributed by atoms with van der Waals surface area (Å²) < 4.78 is 25.2. The van der Waals surface area contributed by atoms with Gasteiger partial charge in [-0.1, -0.05) is 20.8 Å². The summed E-state index contributed by atoms with van der Waals surface area (Å²) in [7, 11) is 0. The van der Waals surface area contributed by atoms with Crippen molar-refractivity contribution >= 4 is 5.91 Å². The fourth-order valence-electron chi connectivity index (χ4n) is 0.844. The molecular formula is C9H18F2N2O. The van der Waals surface area contributed by atoms with Gasteiger partial charge in [0, 0.05) is 6.42 Å². The molecule has 0 rings (SSSR count). The molecule has 0 atom stereocenters. The van der Waals surface area contributed by atoms with Gasteiger partial charge < -0.3 is 11.1 Å². The van der Waals surface area contributed by atoms with Crippen molar-refractivity contribution in [2.45, 2.75) is 33.1 Å². The Balaban J connectivity index is 3.87. The predicted octanol–water partition coefficient (Wildman–Crippen LogP) is 1.13. The maximum Gasteiger partial charge on any atom is 0.277 e. The van der Waals surface area contributed by atoms with E-state index in [2.05, 4.69) is 5.32 Å². The van der Waals surface area contributed by atoms with Gasteiger partial charge in [0.05, 0.1) is 13.1 Å². The van der Waals surface area contributed by atoms with Crippen molar-refractivity contribution in [3.8, 4) is 0 Å². The summed E-state index contributed by atoms with van der Waals surface area (Å²) in [4.78, 5) is 11.1. The Bertz CT molecular complexity index is 199. The molecule has 0 fully saturated rings. The maximum atomic E-state index is 12.6. The molecule has 3 N–H and O–H groups in total. The molecule has 0 radical (unpaired) electrons. The van der Waals surface area contributed by atoms with Crippen LogP contribution in [0.5, 0.6) is 0 Å². The maximum absolute atomic E-state index is 12.6. The fourth-order valence-corrected chi connectivity index (χ4v) is 0.844. The standard InChI is InChI=1S/C9H18F2N2O/c1-8(2,3)4-7(14)13-6-9(10,11)5-12/h4-6,12H2,1-3H3,(H,13,14). The first-order valence-corrected chi connectivity index (χ1v) is 4.51. The molecule has 0 aliphatic carbocycles. The van der Waals surface area contributed by atoms with Crippen molar-refractivity contribution in [1.29, 1.82) is 0 Å². The zero-order valence-electron chi connectivity index (χ0n) is 8.86. The third-order valence-corrected chi connectivity index (χ3v) is 1.53. The molecule has 0 aromatic rings. The molecule has 84 valence electrons. The van der Waals surface area contributed by atoms with E-state index < -0.39 is 19.0 Å². The third-order valence-electron chi connectivity index (χ3n) is 1.53. The van der Waals surface area contributed by atoms with Gasteiger partial charge in [-0.3, -0.25) is 4.79 Å². The second kappa shape index (κ2) is 4.68. The number of hydrogen-bond donors (Lipinski definition) is 2. The van der Waals surface area contributed by atoms with Gasteiger partial charge in [-0.2, -0.15) is 0 Å². The van der Waals surface area contributed by atoms with E-state index in [0.29, 0.717) is 0 Å². The minimum absolute atomic E-state index is 0.192. The summed E-state index contributed by atoms with van der Waals surface area (Å²) in [6.07, 6.45) is 0.230. The van der Waals surface area contributed by atoms with E-state index in [-0.39, 0.29) is 17.7 Å². The number of nitrogens with one attached hydrogen (secondary N) is 1. The van der Waals surface area contributed by atoms with Crippen molar-refractivity contribution in [1.82, 2.24) is 5.32 Å². The largest absolute Gasteiger partial charge is 0.350 e. The number of nitrogens with two attached hydrogens (primary N) is 1. The van der Waals surface area contributed by atoms with Gasteiger partial charge in [-0.25, -0.2) is 8.78 Å². The lowest BCUT2D eigenvalue weighted by atomic mass is 9.92. The number of carbonyl (C=O) groups is 1. The molecule has 0 aromatic carbocycles. The first-order chi connectivity index (χ1) is 6.16. The second-order valence-corrected chi connectivity index (χ2v) is 4.57. The molecular weight excluding hydrogens is 190 g/mol. The first-order valence-electron chi connectivity index (χ1n) is 4.51. The molecule has 1 amide bonds. The minimum Gasteiger partial charge on any atom is -0.350 e. The molecule has 3 nitrogen and oxygen atoms in total. The van der Waals surface area contributed by atoms with Crippen LogP contribution >= 0.6 is 0 Å². The Morgan fingerprint density at radius 3 is 2.21 bits per heavy atom. The zero-order valence-corrected chi connectivity index (χ0v) is 8.86. The summed E-state index contributed by atoms with van der Waals surface area (Å²) in [5.41, 5.74) is 4.63. The van der Waals surface area contributed by atoms with Crippen molar-refractivity contribution in [2.75, 3.05) is 13.1 Å². The molecule has 0 aliphatic heterocycles. The predicted molar refractivity (Wildman–Crippen MR) is 51.1 cm³/mol. The van der Waals surface area contributed by atoms with Crippen LogP contribution in [-0.4, -0.2) is 24.9 Å². The molecule has 5 heteroatoms. The van der Waals surface area contributed by atoms with Crippen LogP contribution in [0.4, 0.5) is 8.78 Å². The number of hydrogen-bond acceptors (Lipinski definition) is 2. The topological polar surface area (TPSA) is 55.1 Å². The Kier molecular flexibility index (Phi) is 4.45. The van der Waals surface area contributed by atoms with Crippen LogP contribution in [0, 0.1) is 5.41 Å². The van der Waals surface area contributed by atoms with Crippen LogP contribution in [0.25, 0.3) is 0 Å². The first kappa shape index (κ1) is 13.3. The molecule has 0 saturated carbocycles. The van der Waals surface area contributed by atoms with Crippen molar-refractivity contribution in [3.05, 3.63) is 0 Å². The van der Waals surface area contributed by atoms with Gasteiger partial charge in [0.15, 0.2) is 0 Å². The van der Waals surface area contributed by atoms with Crippen LogP contribution < -0.4 is 11.1 Å². The van der Waals surface area contributed by atoms with Crippen LogP contribution in [0.2, 0.25) is 0 Å². The third kappa shape index (κ3) is 6.77. The van der Waals surface area contributed by atoms with Gasteiger partial charge >= 0.3 is 0 Å². The van der Waals surface area contributed by atoms with E-state index >= 15 is 0 Å². The van der Waals surface area contributed by atoms with Crippen molar-refractivity contribution in [3.63, 3.8) is 0 Å². The Morgan fingerprint density at radius 1 is 1.36 bits per heavy atom. The van der Waals surface area contributed by atoms with Crippen molar-refractivity contribution < 1.29 is 13.6 Å². The molecule has 14 heavy (non-hydrogen) atoms.